The van der Waals surface area contributed by atoms with Crippen molar-refractivity contribution in [2.75, 3.05) is 13.1 Å². The summed E-state index contributed by atoms with van der Waals surface area (Å²) in [5, 5.41) is 30.1. The van der Waals surface area contributed by atoms with Gasteiger partial charge in [0.1, 0.15) is 0 Å². The maximum absolute atomic E-state index is 12.2. The molecule has 0 amide bonds. The van der Waals surface area contributed by atoms with E-state index >= 15 is 0 Å². The lowest BCUT2D eigenvalue weighted by molar-refractivity contribution is -0.210. The van der Waals surface area contributed by atoms with Crippen LogP contribution in [0.15, 0.2) is 10.1 Å². The number of fused-ring (bicyclic) bond motifs is 5. The molecule has 0 aromatic heterocycles. The van der Waals surface area contributed by atoms with Gasteiger partial charge in [-0.3, -0.25) is 4.99 Å². The SMILES string of the molecule is C[C@]12CC[C@H](O)C[C@H]1CC[C@@H]1[C@@H]2CC[C@]2(C)[C@@H](CCC=NNC3=NCCCN3)CC[C@]12O. The molecule has 1 heterocycles. The zero-order valence-electron chi connectivity index (χ0n) is 20.2. The first-order valence-electron chi connectivity index (χ1n) is 13.3. The molecule has 0 aromatic carbocycles. The second kappa shape index (κ2) is 8.57. The monoisotopic (exact) mass is 444 g/mol. The van der Waals surface area contributed by atoms with Gasteiger partial charge in [0, 0.05) is 19.3 Å². The highest BCUT2D eigenvalue weighted by Gasteiger charge is 2.66. The number of nitrogens with one attached hydrogen (secondary N) is 2. The number of hydrogen-bond acceptors (Lipinski definition) is 6. The standard InChI is InChI=1S/C26H44N4O2/c1-24-11-9-20(31)17-19(24)6-7-22-21(24)10-12-25(2)18(8-13-26(22,25)32)5-3-16-29-30-23-27-14-4-15-28-23/h16,18-22,31-32H,3-15,17H2,1-2H3,(H2,27,28,30)/t18-,19+,20-,21-,22+,24-,25+,26-/m0/s1. The van der Waals surface area contributed by atoms with Gasteiger partial charge < -0.3 is 15.5 Å². The van der Waals surface area contributed by atoms with Gasteiger partial charge in [-0.2, -0.15) is 5.10 Å². The Labute approximate surface area is 193 Å². The Morgan fingerprint density at radius 3 is 2.81 bits per heavy atom. The minimum atomic E-state index is -0.513. The number of hydrogen-bond donors (Lipinski definition) is 4. The Morgan fingerprint density at radius 1 is 1.12 bits per heavy atom. The van der Waals surface area contributed by atoms with Crippen molar-refractivity contribution in [1.29, 1.82) is 0 Å². The van der Waals surface area contributed by atoms with Crippen LogP contribution in [-0.4, -0.2) is 47.2 Å². The second-order valence-electron chi connectivity index (χ2n) is 12.0. The Bertz CT molecular complexity index is 756. The molecule has 8 atom stereocenters. The minimum Gasteiger partial charge on any atom is -0.393 e. The third-order valence-electron chi connectivity index (χ3n) is 10.8. The zero-order valence-corrected chi connectivity index (χ0v) is 20.2. The Hall–Kier alpha value is -1.14. The van der Waals surface area contributed by atoms with Crippen LogP contribution < -0.4 is 10.7 Å². The van der Waals surface area contributed by atoms with Gasteiger partial charge in [-0.25, -0.2) is 5.43 Å². The molecule has 6 nitrogen and oxygen atoms in total. The number of aliphatic imine (C=N–C) groups is 1. The number of nitrogens with zero attached hydrogens (tertiary/aromatic N) is 2. The third kappa shape index (κ3) is 3.60. The van der Waals surface area contributed by atoms with Crippen LogP contribution in [0.2, 0.25) is 0 Å². The third-order valence-corrected chi connectivity index (χ3v) is 10.8. The van der Waals surface area contributed by atoms with Crippen LogP contribution in [0.25, 0.3) is 0 Å². The van der Waals surface area contributed by atoms with E-state index in [1.807, 2.05) is 6.21 Å². The van der Waals surface area contributed by atoms with E-state index in [-0.39, 0.29) is 11.5 Å². The van der Waals surface area contributed by atoms with E-state index in [1.165, 1.54) is 12.8 Å². The van der Waals surface area contributed by atoms with Gasteiger partial charge in [-0.15, -0.1) is 0 Å². The van der Waals surface area contributed by atoms with E-state index in [0.717, 1.165) is 83.3 Å². The minimum absolute atomic E-state index is 0.0296. The van der Waals surface area contributed by atoms with Gasteiger partial charge in [0.2, 0.25) is 5.96 Å². The predicted octanol–water partition coefficient (Wildman–Crippen LogP) is 3.83. The van der Waals surface area contributed by atoms with Crippen LogP contribution in [0.4, 0.5) is 0 Å². The maximum atomic E-state index is 12.2. The highest BCUT2D eigenvalue weighted by Crippen LogP contribution is 2.69. The fourth-order valence-electron chi connectivity index (χ4n) is 8.83. The summed E-state index contributed by atoms with van der Waals surface area (Å²) in [5.41, 5.74) is 2.86. The van der Waals surface area contributed by atoms with Gasteiger partial charge in [0.15, 0.2) is 0 Å². The van der Waals surface area contributed by atoms with Gasteiger partial charge >= 0.3 is 0 Å². The lowest BCUT2D eigenvalue weighted by Crippen LogP contribution is -2.62. The van der Waals surface area contributed by atoms with Crippen molar-refractivity contribution < 1.29 is 10.2 Å². The molecule has 4 aliphatic carbocycles. The lowest BCUT2D eigenvalue weighted by atomic mass is 9.43. The van der Waals surface area contributed by atoms with Gasteiger partial charge in [0.05, 0.1) is 11.7 Å². The first-order chi connectivity index (χ1) is 15.4. The molecule has 0 spiro atoms. The van der Waals surface area contributed by atoms with E-state index in [0.29, 0.717) is 29.1 Å². The normalized spacial score (nSPS) is 48.4. The summed E-state index contributed by atoms with van der Waals surface area (Å²) in [6.07, 6.45) is 14.9. The average molecular weight is 445 g/mol. The Morgan fingerprint density at radius 2 is 2.00 bits per heavy atom. The number of hydrazone groups is 1. The first-order valence-corrected chi connectivity index (χ1v) is 13.3. The Kier molecular flexibility index (Phi) is 6.07. The zero-order chi connectivity index (χ0) is 22.4. The summed E-state index contributed by atoms with van der Waals surface area (Å²) in [7, 11) is 0. The van der Waals surface area contributed by atoms with Crippen LogP contribution in [-0.2, 0) is 0 Å². The van der Waals surface area contributed by atoms with Crippen molar-refractivity contribution in [2.45, 2.75) is 103 Å². The van der Waals surface area contributed by atoms with Crippen LogP contribution in [0.1, 0.15) is 90.9 Å². The molecular formula is C26H44N4O2. The predicted molar refractivity (Wildman–Crippen MR) is 128 cm³/mol. The fraction of sp³-hybridized carbons (Fsp3) is 0.923. The van der Waals surface area contributed by atoms with Crippen molar-refractivity contribution >= 4 is 12.2 Å². The molecule has 4 saturated carbocycles. The van der Waals surface area contributed by atoms with Crippen molar-refractivity contribution in [3.63, 3.8) is 0 Å². The van der Waals surface area contributed by atoms with E-state index in [1.54, 1.807) is 0 Å². The van der Waals surface area contributed by atoms with Crippen molar-refractivity contribution in [1.82, 2.24) is 10.7 Å². The quantitative estimate of drug-likeness (QED) is 0.392. The van der Waals surface area contributed by atoms with E-state index < -0.39 is 5.60 Å². The van der Waals surface area contributed by atoms with Crippen LogP contribution in [0, 0.1) is 34.5 Å². The number of aliphatic hydroxyl groups is 2. The molecule has 180 valence electrons. The maximum Gasteiger partial charge on any atom is 0.212 e. The lowest BCUT2D eigenvalue weighted by Gasteiger charge is -2.63. The van der Waals surface area contributed by atoms with Crippen molar-refractivity contribution in [2.24, 2.45) is 44.6 Å². The molecule has 0 bridgehead atoms. The largest absolute Gasteiger partial charge is 0.393 e. The number of guanidine groups is 1. The average Bonchev–Trinajstić information content (AvgIpc) is 3.06. The number of rotatable bonds is 4. The molecule has 0 unspecified atom stereocenters. The summed E-state index contributed by atoms with van der Waals surface area (Å²) in [4.78, 5) is 4.39. The highest BCUT2D eigenvalue weighted by molar-refractivity contribution is 5.80. The van der Waals surface area contributed by atoms with E-state index in [4.69, 9.17) is 0 Å². The summed E-state index contributed by atoms with van der Waals surface area (Å²) in [6.45, 7) is 6.72. The molecule has 0 aromatic rings. The topological polar surface area (TPSA) is 89.2 Å². The fourth-order valence-corrected chi connectivity index (χ4v) is 8.83. The molecule has 5 rings (SSSR count). The molecule has 5 aliphatic rings. The number of aliphatic hydroxyl groups excluding tert-OH is 1. The molecule has 0 radical (unpaired) electrons. The van der Waals surface area contributed by atoms with Gasteiger partial charge in [-0.1, -0.05) is 13.8 Å². The second-order valence-corrected chi connectivity index (χ2v) is 12.0. The molecule has 4 N–H and O–H groups in total. The van der Waals surface area contributed by atoms with Crippen molar-refractivity contribution in [3.8, 4) is 0 Å². The summed E-state index contributed by atoms with van der Waals surface area (Å²) in [5.74, 6) is 3.06. The molecule has 4 fully saturated rings. The Balaban J connectivity index is 1.23. The smallest absolute Gasteiger partial charge is 0.212 e. The summed E-state index contributed by atoms with van der Waals surface area (Å²) >= 11 is 0. The highest BCUT2D eigenvalue weighted by atomic mass is 16.3. The van der Waals surface area contributed by atoms with E-state index in [2.05, 4.69) is 34.7 Å². The van der Waals surface area contributed by atoms with Gasteiger partial charge in [0.25, 0.3) is 0 Å². The molecule has 1 aliphatic heterocycles. The van der Waals surface area contributed by atoms with Crippen LogP contribution in [0.3, 0.4) is 0 Å². The van der Waals surface area contributed by atoms with Gasteiger partial charge in [-0.05, 0) is 112 Å². The molecule has 0 saturated heterocycles. The first kappa shape index (κ1) is 22.6. The van der Waals surface area contributed by atoms with Crippen molar-refractivity contribution in [3.05, 3.63) is 0 Å². The van der Waals surface area contributed by atoms with E-state index in [9.17, 15) is 10.2 Å². The summed E-state index contributed by atoms with van der Waals surface area (Å²) in [6, 6.07) is 0. The molecule has 6 heteroatoms. The molecule has 32 heavy (non-hydrogen) atoms. The van der Waals surface area contributed by atoms with Crippen LogP contribution >= 0.6 is 0 Å². The molecular weight excluding hydrogens is 400 g/mol. The van der Waals surface area contributed by atoms with Crippen LogP contribution in [0.5, 0.6) is 0 Å². The summed E-state index contributed by atoms with van der Waals surface area (Å²) < 4.78 is 0.